The van der Waals surface area contributed by atoms with E-state index in [1.54, 1.807) is 31.4 Å². The number of aromatic hydroxyl groups is 1. The number of benzene rings is 3. The number of Topliss-reactive ketones (excluding diaryl/α,β-unsaturated/α-hetero) is 1. The van der Waals surface area contributed by atoms with Crippen molar-refractivity contribution in [2.24, 2.45) is 0 Å². The first-order chi connectivity index (χ1) is 17.8. The van der Waals surface area contributed by atoms with Gasteiger partial charge in [0.25, 0.3) is 0 Å². The van der Waals surface area contributed by atoms with Gasteiger partial charge >= 0.3 is 5.97 Å². The smallest absolute Gasteiger partial charge is 0.342 e. The Hall–Kier alpha value is -4.13. The molecule has 0 bridgehead atoms. The number of aromatic nitrogens is 2. The Morgan fingerprint density at radius 3 is 2.03 bits per heavy atom. The molecule has 0 aliphatic heterocycles. The highest BCUT2D eigenvalue weighted by atomic mass is 16.6. The second kappa shape index (κ2) is 9.97. The average Bonchev–Trinajstić information content (AvgIpc) is 3.09. The first-order valence-corrected chi connectivity index (χ1v) is 12.7. The highest BCUT2D eigenvalue weighted by Crippen LogP contribution is 2.35. The Morgan fingerprint density at radius 1 is 0.868 bits per heavy atom. The van der Waals surface area contributed by atoms with Crippen LogP contribution in [0, 0.1) is 5.41 Å². The van der Waals surface area contributed by atoms with Gasteiger partial charge in [-0.2, -0.15) is 0 Å². The van der Waals surface area contributed by atoms with E-state index in [0.717, 1.165) is 16.6 Å². The Labute approximate surface area is 222 Å². The predicted molar refractivity (Wildman–Crippen MR) is 148 cm³/mol. The molecule has 0 saturated heterocycles. The molecule has 3 aromatic carbocycles. The minimum atomic E-state index is -0.762. The number of ketones is 1. The SMILES string of the molecule is CC(C)(C)OC(=O)c1cc(C(=O)Cn2c(=N)n(Cc3ccccc3)c3ccccc32)cc(C(C)(C)C)c1O. The Kier molecular flexibility index (Phi) is 7.06. The zero-order valence-electron chi connectivity index (χ0n) is 22.8. The summed E-state index contributed by atoms with van der Waals surface area (Å²) in [5.41, 5.74) is 2.29. The largest absolute Gasteiger partial charge is 0.507 e. The summed E-state index contributed by atoms with van der Waals surface area (Å²) < 4.78 is 9.07. The quantitative estimate of drug-likeness (QED) is 0.251. The number of fused-ring (bicyclic) bond motifs is 1. The molecular formula is C31H35N3O4. The number of para-hydroxylation sites is 2. The average molecular weight is 514 g/mol. The van der Waals surface area contributed by atoms with Crippen LogP contribution >= 0.6 is 0 Å². The van der Waals surface area contributed by atoms with Crippen molar-refractivity contribution in [3.05, 3.63) is 94.6 Å². The second-order valence-electron chi connectivity index (χ2n) is 11.6. The van der Waals surface area contributed by atoms with Gasteiger partial charge in [-0.15, -0.1) is 0 Å². The number of hydrogen-bond acceptors (Lipinski definition) is 5. The number of carbonyl (C=O) groups is 2. The van der Waals surface area contributed by atoms with E-state index < -0.39 is 17.0 Å². The molecule has 0 atom stereocenters. The number of imidazole rings is 1. The molecule has 198 valence electrons. The lowest BCUT2D eigenvalue weighted by Gasteiger charge is -2.24. The number of phenols is 1. The van der Waals surface area contributed by atoms with Gasteiger partial charge in [0.2, 0.25) is 5.62 Å². The number of carbonyl (C=O) groups excluding carboxylic acids is 2. The van der Waals surface area contributed by atoms with Crippen molar-refractivity contribution >= 4 is 22.8 Å². The first kappa shape index (κ1) is 26.9. The van der Waals surface area contributed by atoms with Gasteiger partial charge in [0.05, 0.1) is 24.1 Å². The fraction of sp³-hybridized carbons (Fsp3) is 0.323. The van der Waals surface area contributed by atoms with E-state index in [1.807, 2.05) is 79.9 Å². The normalized spacial score (nSPS) is 12.1. The molecule has 0 amide bonds. The molecule has 0 aliphatic rings. The summed E-state index contributed by atoms with van der Waals surface area (Å²) in [6.07, 6.45) is 0. The van der Waals surface area contributed by atoms with Gasteiger partial charge in [-0.3, -0.25) is 10.2 Å². The summed E-state index contributed by atoms with van der Waals surface area (Å²) in [5.74, 6) is -1.15. The summed E-state index contributed by atoms with van der Waals surface area (Å²) >= 11 is 0. The second-order valence-corrected chi connectivity index (χ2v) is 11.6. The van der Waals surface area contributed by atoms with Gasteiger partial charge in [-0.05, 0) is 56.0 Å². The van der Waals surface area contributed by atoms with Gasteiger partial charge in [-0.1, -0.05) is 63.2 Å². The monoisotopic (exact) mass is 513 g/mol. The van der Waals surface area contributed by atoms with Crippen LogP contribution in [-0.4, -0.2) is 31.6 Å². The molecule has 38 heavy (non-hydrogen) atoms. The maximum Gasteiger partial charge on any atom is 0.342 e. The van der Waals surface area contributed by atoms with Crippen molar-refractivity contribution in [3.63, 3.8) is 0 Å². The van der Waals surface area contributed by atoms with Crippen molar-refractivity contribution < 1.29 is 19.4 Å². The fourth-order valence-corrected chi connectivity index (χ4v) is 4.47. The summed E-state index contributed by atoms with van der Waals surface area (Å²) in [6, 6.07) is 20.6. The molecule has 1 aromatic heterocycles. The molecular weight excluding hydrogens is 478 g/mol. The van der Waals surface area contributed by atoms with Gasteiger partial charge in [-0.25, -0.2) is 4.79 Å². The molecule has 0 unspecified atom stereocenters. The van der Waals surface area contributed by atoms with E-state index >= 15 is 0 Å². The molecule has 0 radical (unpaired) electrons. The lowest BCUT2D eigenvalue weighted by atomic mass is 9.83. The lowest BCUT2D eigenvalue weighted by molar-refractivity contribution is 0.00665. The molecule has 0 aliphatic carbocycles. The van der Waals surface area contributed by atoms with Crippen LogP contribution in [0.25, 0.3) is 11.0 Å². The number of rotatable bonds is 6. The van der Waals surface area contributed by atoms with Crippen molar-refractivity contribution in [2.75, 3.05) is 0 Å². The molecule has 4 rings (SSSR count). The van der Waals surface area contributed by atoms with Crippen molar-refractivity contribution in [1.82, 2.24) is 9.13 Å². The number of hydrogen-bond donors (Lipinski definition) is 2. The molecule has 0 saturated carbocycles. The molecule has 0 spiro atoms. The van der Waals surface area contributed by atoms with Crippen molar-refractivity contribution in [3.8, 4) is 5.75 Å². The van der Waals surface area contributed by atoms with Crippen molar-refractivity contribution in [2.45, 2.75) is 65.6 Å². The predicted octanol–water partition coefficient (Wildman–Crippen LogP) is 5.81. The van der Waals surface area contributed by atoms with Crippen LogP contribution in [-0.2, 0) is 23.2 Å². The summed E-state index contributed by atoms with van der Waals surface area (Å²) in [5, 5.41) is 19.9. The maximum absolute atomic E-state index is 13.7. The molecule has 7 heteroatoms. The third-order valence-electron chi connectivity index (χ3n) is 6.32. The Balaban J connectivity index is 1.78. The van der Waals surface area contributed by atoms with Crippen LogP contribution in [0.1, 0.15) is 73.4 Å². The number of nitrogens with one attached hydrogen (secondary N) is 1. The Morgan fingerprint density at radius 2 is 1.45 bits per heavy atom. The number of esters is 1. The summed E-state index contributed by atoms with van der Waals surface area (Å²) in [4.78, 5) is 26.6. The van der Waals surface area contributed by atoms with Gasteiger partial charge < -0.3 is 19.0 Å². The van der Waals surface area contributed by atoms with Gasteiger partial charge in [0.1, 0.15) is 16.9 Å². The number of ether oxygens (including phenoxy) is 1. The highest BCUT2D eigenvalue weighted by molar-refractivity contribution is 6.01. The molecule has 2 N–H and O–H groups in total. The Bertz CT molecular complexity index is 1570. The van der Waals surface area contributed by atoms with Crippen molar-refractivity contribution in [1.29, 1.82) is 5.41 Å². The van der Waals surface area contributed by atoms with Crippen LogP contribution in [0.3, 0.4) is 0 Å². The summed E-state index contributed by atoms with van der Waals surface area (Å²) in [7, 11) is 0. The van der Waals surface area contributed by atoms with Gasteiger partial charge in [0, 0.05) is 11.1 Å². The third-order valence-corrected chi connectivity index (χ3v) is 6.32. The maximum atomic E-state index is 13.7. The molecule has 1 heterocycles. The number of phenolic OH excluding ortho intramolecular Hbond substituents is 1. The zero-order valence-corrected chi connectivity index (χ0v) is 22.8. The van der Waals surface area contributed by atoms with Crippen LogP contribution in [0.2, 0.25) is 0 Å². The number of nitrogens with zero attached hydrogens (tertiary/aromatic N) is 2. The lowest BCUT2D eigenvalue weighted by Crippen LogP contribution is -2.28. The highest BCUT2D eigenvalue weighted by Gasteiger charge is 2.28. The van der Waals surface area contributed by atoms with Crippen LogP contribution in [0.5, 0.6) is 5.75 Å². The summed E-state index contributed by atoms with van der Waals surface area (Å²) in [6.45, 7) is 11.4. The topological polar surface area (TPSA) is 97.3 Å². The van der Waals surface area contributed by atoms with Crippen LogP contribution in [0.4, 0.5) is 0 Å². The third kappa shape index (κ3) is 5.57. The molecule has 7 nitrogen and oxygen atoms in total. The fourth-order valence-electron chi connectivity index (χ4n) is 4.47. The van der Waals surface area contributed by atoms with Crippen LogP contribution in [0.15, 0.2) is 66.7 Å². The standard InChI is InChI=1S/C31H35N3O4/c1-30(2,3)23-17-21(16-22(27(23)36)28(37)38-31(4,5)6)26(35)19-34-25-15-11-10-14-24(25)33(29(34)32)18-20-12-8-7-9-13-20/h7-17,32,36H,18-19H2,1-6H3. The van der Waals surface area contributed by atoms with E-state index in [4.69, 9.17) is 10.1 Å². The van der Waals surface area contributed by atoms with Gasteiger partial charge in [0.15, 0.2) is 5.78 Å². The zero-order chi connectivity index (χ0) is 27.8. The van der Waals surface area contributed by atoms with E-state index in [1.165, 1.54) is 6.07 Å². The van der Waals surface area contributed by atoms with E-state index in [9.17, 15) is 14.7 Å². The molecule has 4 aromatic rings. The molecule has 0 fully saturated rings. The van der Waals surface area contributed by atoms with E-state index in [0.29, 0.717) is 12.1 Å². The minimum absolute atomic E-state index is 0.0432. The van der Waals surface area contributed by atoms with Crippen LogP contribution < -0.4 is 5.62 Å². The first-order valence-electron chi connectivity index (χ1n) is 12.7. The van der Waals surface area contributed by atoms with E-state index in [2.05, 4.69) is 0 Å². The minimum Gasteiger partial charge on any atom is -0.507 e. The van der Waals surface area contributed by atoms with E-state index in [-0.39, 0.29) is 34.8 Å².